The Morgan fingerprint density at radius 2 is 2.50 bits per heavy atom. The fraction of sp³-hybridized carbons (Fsp3) is 0.556. The smallest absolute Gasteiger partial charge is 0.327 e. The molecule has 1 aromatic heterocycles. The molecule has 1 heterocycles. The maximum absolute atomic E-state index is 11.1. The van der Waals surface area contributed by atoms with E-state index in [1.54, 1.807) is 19.3 Å². The zero-order chi connectivity index (χ0) is 10.6. The van der Waals surface area contributed by atoms with Crippen LogP contribution in [0.15, 0.2) is 12.4 Å². The Labute approximate surface area is 82.8 Å². The van der Waals surface area contributed by atoms with Crippen LogP contribution in [0.3, 0.4) is 0 Å². The van der Waals surface area contributed by atoms with Crippen LogP contribution in [-0.4, -0.2) is 22.4 Å². The van der Waals surface area contributed by atoms with Crippen LogP contribution in [0.2, 0.25) is 0 Å². The van der Waals surface area contributed by atoms with Crippen molar-refractivity contribution < 1.29 is 9.53 Å². The first-order valence-electron chi connectivity index (χ1n) is 4.57. The molecule has 1 aromatic rings. The maximum Gasteiger partial charge on any atom is 0.327 e. The molecule has 0 spiro atoms. The standard InChI is InChI=1S/C9H15N3O2/c1-3-14-9(13)6-12-5-8(4-11-12)7(2)10/h4-5,7H,3,6,10H2,1-2H3/t7-/m1/s1. The fourth-order valence-corrected chi connectivity index (χ4v) is 1.04. The Kier molecular flexibility index (Phi) is 3.64. The highest BCUT2D eigenvalue weighted by molar-refractivity contribution is 5.68. The zero-order valence-corrected chi connectivity index (χ0v) is 8.43. The first-order valence-corrected chi connectivity index (χ1v) is 4.57. The Morgan fingerprint density at radius 3 is 3.00 bits per heavy atom. The van der Waals surface area contributed by atoms with Crippen LogP contribution in [0.5, 0.6) is 0 Å². The lowest BCUT2D eigenvalue weighted by Crippen LogP contribution is -2.13. The van der Waals surface area contributed by atoms with Gasteiger partial charge in [0.25, 0.3) is 0 Å². The predicted molar refractivity (Wildman–Crippen MR) is 51.5 cm³/mol. The molecular formula is C9H15N3O2. The molecule has 0 saturated carbocycles. The molecule has 0 bridgehead atoms. The van der Waals surface area contributed by atoms with Gasteiger partial charge in [0, 0.05) is 17.8 Å². The van der Waals surface area contributed by atoms with Gasteiger partial charge in [-0.15, -0.1) is 0 Å². The second-order valence-corrected chi connectivity index (χ2v) is 3.06. The molecule has 14 heavy (non-hydrogen) atoms. The van der Waals surface area contributed by atoms with E-state index in [0.29, 0.717) is 6.61 Å². The molecule has 0 aromatic carbocycles. The van der Waals surface area contributed by atoms with Crippen LogP contribution in [0, 0.1) is 0 Å². The minimum Gasteiger partial charge on any atom is -0.465 e. The Balaban J connectivity index is 2.55. The Hall–Kier alpha value is -1.36. The van der Waals surface area contributed by atoms with Crippen LogP contribution in [0.25, 0.3) is 0 Å². The molecule has 1 atom stereocenters. The number of hydrogen-bond acceptors (Lipinski definition) is 4. The molecular weight excluding hydrogens is 182 g/mol. The molecule has 0 aliphatic carbocycles. The molecule has 0 aliphatic rings. The molecule has 0 unspecified atom stereocenters. The molecule has 1 rings (SSSR count). The van der Waals surface area contributed by atoms with Crippen LogP contribution in [-0.2, 0) is 16.1 Å². The van der Waals surface area contributed by atoms with Gasteiger partial charge in [0.1, 0.15) is 6.54 Å². The van der Waals surface area contributed by atoms with E-state index in [1.807, 2.05) is 6.92 Å². The van der Waals surface area contributed by atoms with Crippen LogP contribution < -0.4 is 5.73 Å². The number of nitrogens with two attached hydrogens (primary N) is 1. The van der Waals surface area contributed by atoms with Crippen molar-refractivity contribution in [2.45, 2.75) is 26.4 Å². The first kappa shape index (κ1) is 10.7. The third-order valence-corrected chi connectivity index (χ3v) is 1.78. The summed E-state index contributed by atoms with van der Waals surface area (Å²) >= 11 is 0. The van der Waals surface area contributed by atoms with Crippen molar-refractivity contribution in [2.75, 3.05) is 6.61 Å². The van der Waals surface area contributed by atoms with E-state index in [0.717, 1.165) is 5.56 Å². The highest BCUT2D eigenvalue weighted by Crippen LogP contribution is 2.06. The van der Waals surface area contributed by atoms with Gasteiger partial charge in [-0.25, -0.2) is 0 Å². The summed E-state index contributed by atoms with van der Waals surface area (Å²) in [6.45, 7) is 4.17. The van der Waals surface area contributed by atoms with Gasteiger partial charge in [0.15, 0.2) is 0 Å². The maximum atomic E-state index is 11.1. The van der Waals surface area contributed by atoms with Gasteiger partial charge in [-0.05, 0) is 13.8 Å². The monoisotopic (exact) mass is 197 g/mol. The van der Waals surface area contributed by atoms with Gasteiger partial charge in [-0.3, -0.25) is 9.48 Å². The number of esters is 1. The van der Waals surface area contributed by atoms with Crippen LogP contribution >= 0.6 is 0 Å². The minimum absolute atomic E-state index is 0.0639. The number of ether oxygens (including phenoxy) is 1. The summed E-state index contributed by atoms with van der Waals surface area (Å²) in [4.78, 5) is 11.1. The van der Waals surface area contributed by atoms with E-state index in [4.69, 9.17) is 10.5 Å². The molecule has 0 radical (unpaired) electrons. The average molecular weight is 197 g/mol. The van der Waals surface area contributed by atoms with E-state index < -0.39 is 0 Å². The van der Waals surface area contributed by atoms with E-state index in [1.165, 1.54) is 4.68 Å². The Bertz CT molecular complexity index is 307. The number of carbonyl (C=O) groups excluding carboxylic acids is 1. The van der Waals surface area contributed by atoms with Gasteiger partial charge in [0.2, 0.25) is 0 Å². The third-order valence-electron chi connectivity index (χ3n) is 1.78. The molecule has 0 amide bonds. The Morgan fingerprint density at radius 1 is 1.79 bits per heavy atom. The highest BCUT2D eigenvalue weighted by Gasteiger charge is 2.06. The summed E-state index contributed by atoms with van der Waals surface area (Å²) in [5.74, 6) is -0.285. The first-order chi connectivity index (χ1) is 6.63. The van der Waals surface area contributed by atoms with Gasteiger partial charge < -0.3 is 10.5 Å². The quantitative estimate of drug-likeness (QED) is 0.712. The number of nitrogens with zero attached hydrogens (tertiary/aromatic N) is 2. The van der Waals surface area contributed by atoms with Crippen molar-refractivity contribution in [2.24, 2.45) is 5.73 Å². The lowest BCUT2D eigenvalue weighted by atomic mass is 10.2. The predicted octanol–water partition coefficient (Wildman–Crippen LogP) is 0.466. The van der Waals surface area contributed by atoms with Gasteiger partial charge >= 0.3 is 5.97 Å². The van der Waals surface area contributed by atoms with Crippen molar-refractivity contribution >= 4 is 5.97 Å². The van der Waals surface area contributed by atoms with Crippen LogP contribution in [0.4, 0.5) is 0 Å². The summed E-state index contributed by atoms with van der Waals surface area (Å²) in [7, 11) is 0. The van der Waals surface area contributed by atoms with E-state index in [-0.39, 0.29) is 18.6 Å². The average Bonchev–Trinajstić information content (AvgIpc) is 2.53. The highest BCUT2D eigenvalue weighted by atomic mass is 16.5. The van der Waals surface area contributed by atoms with Crippen molar-refractivity contribution in [3.8, 4) is 0 Å². The molecule has 2 N–H and O–H groups in total. The zero-order valence-electron chi connectivity index (χ0n) is 8.43. The second kappa shape index (κ2) is 4.76. The summed E-state index contributed by atoms with van der Waals surface area (Å²) in [5, 5.41) is 4.00. The fourth-order valence-electron chi connectivity index (χ4n) is 1.04. The topological polar surface area (TPSA) is 70.1 Å². The molecule has 5 nitrogen and oxygen atoms in total. The molecule has 0 fully saturated rings. The SMILES string of the molecule is CCOC(=O)Cn1cc([C@@H](C)N)cn1. The lowest BCUT2D eigenvalue weighted by molar-refractivity contribution is -0.144. The molecule has 5 heteroatoms. The molecule has 0 saturated heterocycles. The van der Waals surface area contributed by atoms with Gasteiger partial charge in [-0.2, -0.15) is 5.10 Å². The number of rotatable bonds is 4. The summed E-state index contributed by atoms with van der Waals surface area (Å²) < 4.78 is 6.31. The summed E-state index contributed by atoms with van der Waals surface area (Å²) in [5.41, 5.74) is 6.56. The largest absolute Gasteiger partial charge is 0.465 e. The molecule has 78 valence electrons. The van der Waals surface area contributed by atoms with Crippen molar-refractivity contribution in [1.82, 2.24) is 9.78 Å². The number of hydrogen-bond donors (Lipinski definition) is 1. The number of aromatic nitrogens is 2. The second-order valence-electron chi connectivity index (χ2n) is 3.06. The van der Waals surface area contributed by atoms with Crippen molar-refractivity contribution in [1.29, 1.82) is 0 Å². The van der Waals surface area contributed by atoms with E-state index >= 15 is 0 Å². The number of carbonyl (C=O) groups is 1. The summed E-state index contributed by atoms with van der Waals surface area (Å²) in [6.07, 6.45) is 3.41. The van der Waals surface area contributed by atoms with E-state index in [2.05, 4.69) is 5.10 Å². The van der Waals surface area contributed by atoms with Gasteiger partial charge in [-0.1, -0.05) is 0 Å². The van der Waals surface area contributed by atoms with E-state index in [9.17, 15) is 4.79 Å². The van der Waals surface area contributed by atoms with Crippen molar-refractivity contribution in [3.63, 3.8) is 0 Å². The van der Waals surface area contributed by atoms with Crippen molar-refractivity contribution in [3.05, 3.63) is 18.0 Å². The summed E-state index contributed by atoms with van der Waals surface area (Å²) in [6, 6.07) is -0.0639. The normalized spacial score (nSPS) is 12.5. The lowest BCUT2D eigenvalue weighted by Gasteiger charge is -2.01. The molecule has 0 aliphatic heterocycles. The third kappa shape index (κ3) is 2.85. The van der Waals surface area contributed by atoms with Crippen LogP contribution in [0.1, 0.15) is 25.5 Å². The van der Waals surface area contributed by atoms with Gasteiger partial charge in [0.05, 0.1) is 12.8 Å². The minimum atomic E-state index is -0.285.